The van der Waals surface area contributed by atoms with Crippen LogP contribution in [0.25, 0.3) is 16.6 Å². The molecular weight excluding hydrogens is 398 g/mol. The predicted molar refractivity (Wildman–Crippen MR) is 116 cm³/mol. The lowest BCUT2D eigenvalue weighted by Crippen LogP contribution is -2.38. The van der Waals surface area contributed by atoms with Gasteiger partial charge in [0, 0.05) is 35.0 Å². The van der Waals surface area contributed by atoms with E-state index in [-0.39, 0.29) is 11.8 Å². The van der Waals surface area contributed by atoms with Crippen LogP contribution < -0.4 is 0 Å². The van der Waals surface area contributed by atoms with Crippen LogP contribution in [-0.2, 0) is 17.9 Å². The first-order chi connectivity index (χ1) is 14.6. The summed E-state index contributed by atoms with van der Waals surface area (Å²) in [6, 6.07) is 15.9. The number of rotatable bonds is 5. The van der Waals surface area contributed by atoms with E-state index in [1.165, 1.54) is 0 Å². The molecule has 1 saturated carbocycles. The molecule has 5 rings (SSSR count). The van der Waals surface area contributed by atoms with Gasteiger partial charge in [0.05, 0.1) is 5.52 Å². The van der Waals surface area contributed by atoms with E-state index in [1.807, 2.05) is 48.2 Å². The molecule has 0 atom stereocenters. The fourth-order valence-corrected chi connectivity index (χ4v) is 4.35. The van der Waals surface area contributed by atoms with Crippen LogP contribution in [0.3, 0.4) is 0 Å². The maximum absolute atomic E-state index is 13.3. The van der Waals surface area contributed by atoms with Gasteiger partial charge in [-0.2, -0.15) is 4.52 Å². The van der Waals surface area contributed by atoms with Gasteiger partial charge in [-0.25, -0.2) is 0 Å². The first-order valence-electron chi connectivity index (χ1n) is 10.2. The van der Waals surface area contributed by atoms with Crippen molar-refractivity contribution in [1.29, 1.82) is 0 Å². The smallest absolute Gasteiger partial charge is 0.226 e. The van der Waals surface area contributed by atoms with Crippen molar-refractivity contribution in [2.45, 2.75) is 39.3 Å². The third-order valence-corrected chi connectivity index (χ3v) is 6.38. The molecule has 2 aromatic heterocycles. The van der Waals surface area contributed by atoms with E-state index in [4.69, 9.17) is 11.6 Å². The molecule has 0 bridgehead atoms. The van der Waals surface area contributed by atoms with E-state index in [0.29, 0.717) is 23.8 Å². The number of aryl methyl sites for hydroxylation is 1. The molecule has 7 heteroatoms. The lowest BCUT2D eigenvalue weighted by molar-refractivity contribution is -0.139. The van der Waals surface area contributed by atoms with E-state index >= 15 is 0 Å². The second-order valence-electron chi connectivity index (χ2n) is 8.01. The third kappa shape index (κ3) is 3.31. The van der Waals surface area contributed by atoms with Crippen LogP contribution in [0.15, 0.2) is 48.5 Å². The highest BCUT2D eigenvalue weighted by molar-refractivity contribution is 6.31. The highest BCUT2D eigenvalue weighted by Gasteiger charge is 2.30. The molecule has 1 aliphatic carbocycles. The topological polar surface area (TPSA) is 63.4 Å². The third-order valence-electron chi connectivity index (χ3n) is 6.01. The summed E-state index contributed by atoms with van der Waals surface area (Å²) in [7, 11) is 0. The molecule has 4 aromatic rings. The van der Waals surface area contributed by atoms with Gasteiger partial charge < -0.3 is 4.90 Å². The van der Waals surface area contributed by atoms with Crippen molar-refractivity contribution in [3.8, 4) is 0 Å². The van der Waals surface area contributed by atoms with Gasteiger partial charge in [-0.3, -0.25) is 4.79 Å². The van der Waals surface area contributed by atoms with Gasteiger partial charge in [0.1, 0.15) is 0 Å². The number of nitrogens with zero attached hydrogens (tertiary/aromatic N) is 5. The number of pyridine rings is 1. The molecule has 30 heavy (non-hydrogen) atoms. The minimum Gasteiger partial charge on any atom is -0.334 e. The molecule has 0 radical (unpaired) electrons. The van der Waals surface area contributed by atoms with Gasteiger partial charge in [-0.05, 0) is 53.5 Å². The zero-order valence-electron chi connectivity index (χ0n) is 16.8. The number of hydrogen-bond acceptors (Lipinski definition) is 4. The maximum atomic E-state index is 13.3. The number of carbonyl (C=O) groups is 1. The van der Waals surface area contributed by atoms with Gasteiger partial charge in [0.2, 0.25) is 5.91 Å². The first-order valence-corrected chi connectivity index (χ1v) is 10.6. The van der Waals surface area contributed by atoms with E-state index in [0.717, 1.165) is 46.9 Å². The Morgan fingerprint density at radius 3 is 2.70 bits per heavy atom. The average molecular weight is 420 g/mol. The summed E-state index contributed by atoms with van der Waals surface area (Å²) in [5.74, 6) is 0.276. The quantitative estimate of drug-likeness (QED) is 0.475. The Hall–Kier alpha value is -2.99. The summed E-state index contributed by atoms with van der Waals surface area (Å²) in [5, 5.41) is 14.1. The number of aromatic nitrogens is 4. The summed E-state index contributed by atoms with van der Waals surface area (Å²) in [5.41, 5.74) is 4.65. The molecule has 152 valence electrons. The summed E-state index contributed by atoms with van der Waals surface area (Å²) in [6.45, 7) is 2.95. The molecule has 6 nitrogen and oxygen atoms in total. The predicted octanol–water partition coefficient (Wildman–Crippen LogP) is 4.57. The zero-order chi connectivity index (χ0) is 20.7. The van der Waals surface area contributed by atoms with Crippen LogP contribution in [0, 0.1) is 12.8 Å². The monoisotopic (exact) mass is 419 g/mol. The van der Waals surface area contributed by atoms with Crippen molar-refractivity contribution in [2.24, 2.45) is 5.92 Å². The number of para-hydroxylation sites is 1. The van der Waals surface area contributed by atoms with E-state index < -0.39 is 0 Å². The number of halogens is 1. The lowest BCUT2D eigenvalue weighted by atomic mass is 9.84. The SMILES string of the molecule is Cc1cccc2cc(CN(Cc3ccccc3Cl)C(=O)C3CCC3)c3nnnn3c12. The van der Waals surface area contributed by atoms with Crippen LogP contribution in [0.2, 0.25) is 5.02 Å². The Labute approximate surface area is 179 Å². The molecular formula is C23H22ClN5O. The Balaban J connectivity index is 1.57. The number of benzene rings is 2. The fraction of sp³-hybridized carbons (Fsp3) is 0.304. The Morgan fingerprint density at radius 2 is 1.93 bits per heavy atom. The molecule has 2 aromatic carbocycles. The Morgan fingerprint density at radius 1 is 1.13 bits per heavy atom. The van der Waals surface area contributed by atoms with E-state index in [1.54, 1.807) is 4.52 Å². The van der Waals surface area contributed by atoms with E-state index in [2.05, 4.69) is 27.7 Å². The normalized spacial score (nSPS) is 14.2. The van der Waals surface area contributed by atoms with Gasteiger partial charge in [0.15, 0.2) is 5.65 Å². The Kier molecular flexibility index (Phi) is 4.87. The summed E-state index contributed by atoms with van der Waals surface area (Å²) in [4.78, 5) is 15.2. The zero-order valence-corrected chi connectivity index (χ0v) is 17.5. The average Bonchev–Trinajstić information content (AvgIpc) is 3.17. The summed E-state index contributed by atoms with van der Waals surface area (Å²) < 4.78 is 1.78. The largest absolute Gasteiger partial charge is 0.334 e. The van der Waals surface area contributed by atoms with Crippen LogP contribution in [0.1, 0.15) is 36.0 Å². The minimum atomic E-state index is 0.0993. The molecule has 0 saturated heterocycles. The maximum Gasteiger partial charge on any atom is 0.226 e. The number of carbonyl (C=O) groups excluding carboxylic acids is 1. The molecule has 1 aliphatic rings. The van der Waals surface area contributed by atoms with Gasteiger partial charge >= 0.3 is 0 Å². The van der Waals surface area contributed by atoms with Crippen molar-refractivity contribution in [3.63, 3.8) is 0 Å². The fourth-order valence-electron chi connectivity index (χ4n) is 4.16. The van der Waals surface area contributed by atoms with Crippen molar-refractivity contribution in [3.05, 3.63) is 70.2 Å². The standard InChI is InChI=1S/C23H22ClN5O/c1-15-6-4-10-17-12-19(22-25-26-27-29(22)21(15)17)14-28(23(30)16-8-5-9-16)13-18-7-2-3-11-20(18)24/h2-4,6-7,10-12,16H,5,8-9,13-14H2,1H3. The highest BCUT2D eigenvalue weighted by Crippen LogP contribution is 2.31. The van der Waals surface area contributed by atoms with Gasteiger partial charge in [-0.15, -0.1) is 5.10 Å². The van der Waals surface area contributed by atoms with Crippen molar-refractivity contribution in [1.82, 2.24) is 24.9 Å². The molecule has 0 unspecified atom stereocenters. The van der Waals surface area contributed by atoms with Crippen LogP contribution in [0.5, 0.6) is 0 Å². The summed E-state index contributed by atoms with van der Waals surface area (Å²) >= 11 is 6.40. The molecule has 1 amide bonds. The second-order valence-corrected chi connectivity index (χ2v) is 8.42. The minimum absolute atomic E-state index is 0.0993. The van der Waals surface area contributed by atoms with Gasteiger partial charge in [0.25, 0.3) is 0 Å². The number of tetrazole rings is 1. The molecule has 0 aliphatic heterocycles. The molecule has 0 spiro atoms. The lowest BCUT2D eigenvalue weighted by Gasteiger charge is -2.32. The van der Waals surface area contributed by atoms with Crippen LogP contribution >= 0.6 is 11.6 Å². The van der Waals surface area contributed by atoms with Crippen LogP contribution in [-0.4, -0.2) is 30.8 Å². The summed E-state index contributed by atoms with van der Waals surface area (Å²) in [6.07, 6.45) is 3.03. The van der Waals surface area contributed by atoms with E-state index in [9.17, 15) is 4.79 Å². The number of amides is 1. The Bertz CT molecular complexity index is 1250. The molecule has 2 heterocycles. The van der Waals surface area contributed by atoms with Crippen molar-refractivity contribution < 1.29 is 4.79 Å². The van der Waals surface area contributed by atoms with Crippen LogP contribution in [0.4, 0.5) is 0 Å². The molecule has 0 N–H and O–H groups in total. The highest BCUT2D eigenvalue weighted by atomic mass is 35.5. The number of hydrogen-bond donors (Lipinski definition) is 0. The first kappa shape index (κ1) is 19.0. The second kappa shape index (κ2) is 7.69. The van der Waals surface area contributed by atoms with Gasteiger partial charge in [-0.1, -0.05) is 54.4 Å². The van der Waals surface area contributed by atoms with Crippen molar-refractivity contribution >= 4 is 34.1 Å². The van der Waals surface area contributed by atoms with Crippen molar-refractivity contribution in [2.75, 3.05) is 0 Å². The number of fused-ring (bicyclic) bond motifs is 3. The molecule has 1 fully saturated rings.